The molecule has 1 N–H and O–H groups in total. The monoisotopic (exact) mass is 216 g/mol. The third-order valence-electron chi connectivity index (χ3n) is 3.19. The fourth-order valence-electron chi connectivity index (χ4n) is 2.32. The van der Waals surface area contributed by atoms with Crippen LogP contribution in [0.5, 0.6) is 0 Å². The molecule has 0 aliphatic heterocycles. The van der Waals surface area contributed by atoms with Crippen molar-refractivity contribution in [3.8, 4) is 0 Å². The Morgan fingerprint density at radius 3 is 3.00 bits per heavy atom. The van der Waals surface area contributed by atoms with Crippen LogP contribution in [-0.4, -0.2) is 20.6 Å². The Labute approximate surface area is 94.7 Å². The highest BCUT2D eigenvalue weighted by molar-refractivity contribution is 5.36. The summed E-state index contributed by atoms with van der Waals surface area (Å²) in [7, 11) is 0. The van der Waals surface area contributed by atoms with Gasteiger partial charge in [-0.2, -0.15) is 0 Å². The van der Waals surface area contributed by atoms with Crippen molar-refractivity contribution in [1.82, 2.24) is 19.9 Å². The van der Waals surface area contributed by atoms with Crippen LogP contribution < -0.4 is 5.32 Å². The largest absolute Gasteiger partial charge is 0.307 e. The van der Waals surface area contributed by atoms with Gasteiger partial charge in [0.25, 0.3) is 0 Å². The average molecular weight is 216 g/mol. The van der Waals surface area contributed by atoms with Gasteiger partial charge in [-0.3, -0.25) is 0 Å². The Morgan fingerprint density at radius 2 is 2.19 bits per heavy atom. The molecular weight excluding hydrogens is 200 g/mol. The standard InChI is InChI=1S/C12H16N4/c1-2-6-10(5-1)13-9-11-14-12-7-3-4-8-16(12)15-11/h3-4,7-8,10,13H,1-2,5-6,9H2. The maximum absolute atomic E-state index is 4.46. The molecule has 4 heteroatoms. The van der Waals surface area contributed by atoms with Crippen molar-refractivity contribution < 1.29 is 0 Å². The molecule has 0 amide bonds. The fourth-order valence-corrected chi connectivity index (χ4v) is 2.32. The van der Waals surface area contributed by atoms with Gasteiger partial charge >= 0.3 is 0 Å². The molecule has 0 bridgehead atoms. The van der Waals surface area contributed by atoms with Gasteiger partial charge in [-0.1, -0.05) is 18.9 Å². The Bertz CT molecular complexity index is 438. The van der Waals surface area contributed by atoms with E-state index in [1.165, 1.54) is 25.7 Å². The number of nitrogens with zero attached hydrogens (tertiary/aromatic N) is 3. The van der Waals surface area contributed by atoms with Crippen molar-refractivity contribution in [1.29, 1.82) is 0 Å². The lowest BCUT2D eigenvalue weighted by atomic mass is 10.2. The molecule has 2 heterocycles. The number of rotatable bonds is 3. The maximum atomic E-state index is 4.46. The zero-order chi connectivity index (χ0) is 10.8. The summed E-state index contributed by atoms with van der Waals surface area (Å²) in [6, 6.07) is 6.60. The summed E-state index contributed by atoms with van der Waals surface area (Å²) in [6.45, 7) is 0.784. The van der Waals surface area contributed by atoms with Crippen LogP contribution in [0.1, 0.15) is 31.5 Å². The topological polar surface area (TPSA) is 42.2 Å². The lowest BCUT2D eigenvalue weighted by Crippen LogP contribution is -2.25. The number of hydrogen-bond acceptors (Lipinski definition) is 3. The third kappa shape index (κ3) is 1.93. The molecule has 0 aromatic carbocycles. The van der Waals surface area contributed by atoms with Crippen molar-refractivity contribution in [2.75, 3.05) is 0 Å². The summed E-state index contributed by atoms with van der Waals surface area (Å²) >= 11 is 0. The van der Waals surface area contributed by atoms with Crippen LogP contribution in [0.15, 0.2) is 24.4 Å². The van der Waals surface area contributed by atoms with E-state index in [-0.39, 0.29) is 0 Å². The molecular formula is C12H16N4. The van der Waals surface area contributed by atoms with Crippen molar-refractivity contribution in [2.24, 2.45) is 0 Å². The highest BCUT2D eigenvalue weighted by Crippen LogP contribution is 2.17. The van der Waals surface area contributed by atoms with E-state index in [9.17, 15) is 0 Å². The van der Waals surface area contributed by atoms with Gasteiger partial charge < -0.3 is 5.32 Å². The maximum Gasteiger partial charge on any atom is 0.165 e. The smallest absolute Gasteiger partial charge is 0.165 e. The van der Waals surface area contributed by atoms with Crippen LogP contribution in [0.25, 0.3) is 5.65 Å². The van der Waals surface area contributed by atoms with Gasteiger partial charge in [-0.05, 0) is 25.0 Å². The van der Waals surface area contributed by atoms with E-state index in [4.69, 9.17) is 0 Å². The van der Waals surface area contributed by atoms with Crippen molar-refractivity contribution >= 4 is 5.65 Å². The molecule has 0 radical (unpaired) electrons. The molecule has 3 rings (SSSR count). The number of hydrogen-bond donors (Lipinski definition) is 1. The van der Waals surface area contributed by atoms with E-state index >= 15 is 0 Å². The molecule has 0 unspecified atom stereocenters. The quantitative estimate of drug-likeness (QED) is 0.850. The van der Waals surface area contributed by atoms with Crippen LogP contribution in [0.4, 0.5) is 0 Å². The molecule has 1 fully saturated rings. The van der Waals surface area contributed by atoms with E-state index in [1.54, 1.807) is 0 Å². The molecule has 0 spiro atoms. The molecule has 2 aromatic heterocycles. The Hall–Kier alpha value is -1.42. The first-order valence-electron chi connectivity index (χ1n) is 5.95. The first-order chi connectivity index (χ1) is 7.92. The molecule has 1 aliphatic rings. The van der Waals surface area contributed by atoms with Crippen LogP contribution in [0.3, 0.4) is 0 Å². The van der Waals surface area contributed by atoms with E-state index in [0.717, 1.165) is 18.0 Å². The highest BCUT2D eigenvalue weighted by Gasteiger charge is 2.14. The molecule has 0 atom stereocenters. The summed E-state index contributed by atoms with van der Waals surface area (Å²) in [5.41, 5.74) is 0.922. The first kappa shape index (κ1) is 9.78. The molecule has 84 valence electrons. The molecule has 16 heavy (non-hydrogen) atoms. The third-order valence-corrected chi connectivity index (χ3v) is 3.19. The molecule has 0 saturated heterocycles. The lowest BCUT2D eigenvalue weighted by molar-refractivity contribution is 0.513. The van der Waals surface area contributed by atoms with Crippen LogP contribution in [0.2, 0.25) is 0 Å². The van der Waals surface area contributed by atoms with Crippen molar-refractivity contribution in [3.63, 3.8) is 0 Å². The summed E-state index contributed by atoms with van der Waals surface area (Å²) in [6.07, 6.45) is 7.24. The SMILES string of the molecule is c1ccn2nc(CNC3CCCC3)nc2c1. The Balaban J connectivity index is 1.69. The summed E-state index contributed by atoms with van der Waals surface area (Å²) in [5.74, 6) is 0.887. The predicted molar refractivity (Wildman–Crippen MR) is 62.1 cm³/mol. The van der Waals surface area contributed by atoms with E-state index in [2.05, 4.69) is 15.4 Å². The van der Waals surface area contributed by atoms with Crippen molar-refractivity contribution in [2.45, 2.75) is 38.3 Å². The fraction of sp³-hybridized carbons (Fsp3) is 0.500. The average Bonchev–Trinajstić information content (AvgIpc) is 2.95. The molecule has 2 aromatic rings. The Morgan fingerprint density at radius 1 is 1.31 bits per heavy atom. The lowest BCUT2D eigenvalue weighted by Gasteiger charge is -2.08. The van der Waals surface area contributed by atoms with Gasteiger partial charge in [0, 0.05) is 12.2 Å². The van der Waals surface area contributed by atoms with E-state index in [0.29, 0.717) is 6.04 Å². The summed E-state index contributed by atoms with van der Waals surface area (Å²) in [4.78, 5) is 4.46. The van der Waals surface area contributed by atoms with Gasteiger partial charge in [-0.25, -0.2) is 9.50 Å². The highest BCUT2D eigenvalue weighted by atomic mass is 15.3. The van der Waals surface area contributed by atoms with E-state index < -0.39 is 0 Å². The number of nitrogens with one attached hydrogen (secondary N) is 1. The molecule has 1 aliphatic carbocycles. The minimum absolute atomic E-state index is 0.673. The van der Waals surface area contributed by atoms with Crippen molar-refractivity contribution in [3.05, 3.63) is 30.2 Å². The summed E-state index contributed by atoms with van der Waals surface area (Å²) < 4.78 is 1.83. The second-order valence-corrected chi connectivity index (χ2v) is 4.39. The molecule has 1 saturated carbocycles. The zero-order valence-corrected chi connectivity index (χ0v) is 9.26. The summed E-state index contributed by atoms with van der Waals surface area (Å²) in [5, 5.41) is 7.94. The van der Waals surface area contributed by atoms with Gasteiger partial charge in [0.2, 0.25) is 0 Å². The van der Waals surface area contributed by atoms with Crippen LogP contribution >= 0.6 is 0 Å². The van der Waals surface area contributed by atoms with Crippen LogP contribution in [0, 0.1) is 0 Å². The van der Waals surface area contributed by atoms with Gasteiger partial charge in [0.15, 0.2) is 11.5 Å². The zero-order valence-electron chi connectivity index (χ0n) is 9.26. The van der Waals surface area contributed by atoms with Gasteiger partial charge in [0.1, 0.15) is 0 Å². The second-order valence-electron chi connectivity index (χ2n) is 4.39. The van der Waals surface area contributed by atoms with E-state index in [1.807, 2.05) is 28.9 Å². The second kappa shape index (κ2) is 4.22. The Kier molecular flexibility index (Phi) is 2.58. The first-order valence-corrected chi connectivity index (χ1v) is 5.95. The predicted octanol–water partition coefficient (Wildman–Crippen LogP) is 1.76. The van der Waals surface area contributed by atoms with Gasteiger partial charge in [0.05, 0.1) is 6.54 Å². The minimum atomic E-state index is 0.673. The number of fused-ring (bicyclic) bond motifs is 1. The number of aromatic nitrogens is 3. The van der Waals surface area contributed by atoms with Crippen LogP contribution in [-0.2, 0) is 6.54 Å². The number of pyridine rings is 1. The minimum Gasteiger partial charge on any atom is -0.307 e. The van der Waals surface area contributed by atoms with Gasteiger partial charge in [-0.15, -0.1) is 5.10 Å². The molecule has 4 nitrogen and oxygen atoms in total. The normalized spacial score (nSPS) is 17.2.